The molecular weight excluding hydrogens is 108 g/mol. The maximum Gasteiger partial charge on any atom is 0.0441 e. The zero-order valence-electron chi connectivity index (χ0n) is 4.59. The molecule has 1 unspecified atom stereocenters. The van der Waals surface area contributed by atoms with Crippen LogP contribution in [-0.2, 0) is 0 Å². The first-order valence-corrected chi connectivity index (χ1v) is 3.11. The fourth-order valence-electron chi connectivity index (χ4n) is 0.353. The molecule has 0 aromatic rings. The average molecular weight is 120 g/mol. The van der Waals surface area contributed by atoms with Crippen LogP contribution in [0.5, 0.6) is 0 Å². The largest absolute Gasteiger partial charge is 0.396 e. The predicted octanol–water partition coefficient (Wildman–Crippen LogP) is 1.08. The molecule has 0 radical (unpaired) electrons. The van der Waals surface area contributed by atoms with Crippen molar-refractivity contribution in [2.24, 2.45) is 0 Å². The highest BCUT2D eigenvalue weighted by Gasteiger charge is 1.94. The van der Waals surface area contributed by atoms with Crippen LogP contribution in [0, 0.1) is 0 Å². The van der Waals surface area contributed by atoms with E-state index < -0.39 is 0 Å². The lowest BCUT2D eigenvalue weighted by atomic mass is 10.2. The molecule has 0 aliphatic carbocycles. The third-order valence-electron chi connectivity index (χ3n) is 0.934. The quantitative estimate of drug-likeness (QED) is 0.534. The van der Waals surface area contributed by atoms with Gasteiger partial charge in [0.1, 0.15) is 0 Å². The Morgan fingerprint density at radius 1 is 1.71 bits per heavy atom. The minimum absolute atomic E-state index is 0.266. The number of hydrogen-bond acceptors (Lipinski definition) is 2. The lowest BCUT2D eigenvalue weighted by molar-refractivity contribution is 0.286. The van der Waals surface area contributed by atoms with Crippen molar-refractivity contribution in [3.8, 4) is 0 Å². The van der Waals surface area contributed by atoms with E-state index in [-0.39, 0.29) is 6.61 Å². The molecule has 0 aromatic heterocycles. The van der Waals surface area contributed by atoms with E-state index in [1.165, 1.54) is 0 Å². The van der Waals surface area contributed by atoms with Gasteiger partial charge in [0.05, 0.1) is 0 Å². The number of aliphatic hydroxyl groups excluding tert-OH is 1. The summed E-state index contributed by atoms with van der Waals surface area (Å²) in [5.41, 5.74) is 0. The second kappa shape index (κ2) is 4.47. The third-order valence-corrected chi connectivity index (χ3v) is 1.56. The van der Waals surface area contributed by atoms with Crippen LogP contribution in [0.4, 0.5) is 0 Å². The van der Waals surface area contributed by atoms with Gasteiger partial charge in [-0.1, -0.05) is 6.92 Å². The highest BCUT2D eigenvalue weighted by atomic mass is 32.1. The Bertz CT molecular complexity index is 39.1. The van der Waals surface area contributed by atoms with Crippen LogP contribution in [0.2, 0.25) is 0 Å². The zero-order chi connectivity index (χ0) is 5.70. The van der Waals surface area contributed by atoms with E-state index in [0.717, 1.165) is 12.8 Å². The number of rotatable bonds is 3. The molecular formula is C5H12OS. The summed E-state index contributed by atoms with van der Waals surface area (Å²) < 4.78 is 0. The van der Waals surface area contributed by atoms with Crippen molar-refractivity contribution < 1.29 is 5.11 Å². The minimum Gasteiger partial charge on any atom is -0.396 e. The minimum atomic E-state index is 0.266. The van der Waals surface area contributed by atoms with Crippen LogP contribution in [0.1, 0.15) is 19.8 Å². The summed E-state index contributed by atoms with van der Waals surface area (Å²) >= 11 is 4.15. The van der Waals surface area contributed by atoms with Gasteiger partial charge in [0.2, 0.25) is 0 Å². The smallest absolute Gasteiger partial charge is 0.0441 e. The van der Waals surface area contributed by atoms with Crippen molar-refractivity contribution in [2.75, 3.05) is 6.61 Å². The van der Waals surface area contributed by atoms with Gasteiger partial charge in [-0.05, 0) is 12.8 Å². The van der Waals surface area contributed by atoms with Crippen LogP contribution in [0.25, 0.3) is 0 Å². The molecule has 0 rings (SSSR count). The molecule has 0 saturated heterocycles. The molecule has 0 amide bonds. The molecule has 0 heterocycles. The molecule has 0 aromatic carbocycles. The summed E-state index contributed by atoms with van der Waals surface area (Å²) in [6.45, 7) is 2.33. The number of aliphatic hydroxyl groups is 1. The Hall–Kier alpha value is 0.310. The van der Waals surface area contributed by atoms with E-state index >= 15 is 0 Å². The van der Waals surface area contributed by atoms with Crippen molar-refractivity contribution in [1.29, 1.82) is 0 Å². The van der Waals surface area contributed by atoms with Crippen LogP contribution in [0.3, 0.4) is 0 Å². The summed E-state index contributed by atoms with van der Waals surface area (Å²) in [5.74, 6) is 0. The van der Waals surface area contributed by atoms with Crippen LogP contribution in [0.15, 0.2) is 0 Å². The van der Waals surface area contributed by atoms with Crippen LogP contribution in [-0.4, -0.2) is 17.0 Å². The lowest BCUT2D eigenvalue weighted by Crippen LogP contribution is -1.98. The Kier molecular flexibility index (Phi) is 4.67. The highest BCUT2D eigenvalue weighted by molar-refractivity contribution is 7.80. The standard InChI is InChI=1S/C5H12OS/c1-2-5(7)3-4-6/h5-7H,2-4H2,1H3. The molecule has 1 nitrogen and oxygen atoms in total. The van der Waals surface area contributed by atoms with Crippen molar-refractivity contribution >= 4 is 12.6 Å². The molecule has 0 aliphatic rings. The first-order valence-electron chi connectivity index (χ1n) is 2.60. The van der Waals surface area contributed by atoms with E-state index in [2.05, 4.69) is 19.6 Å². The Morgan fingerprint density at radius 3 is 2.43 bits per heavy atom. The van der Waals surface area contributed by atoms with Gasteiger partial charge in [-0.15, -0.1) is 0 Å². The van der Waals surface area contributed by atoms with E-state index in [9.17, 15) is 0 Å². The first kappa shape index (κ1) is 7.31. The maximum atomic E-state index is 8.32. The highest BCUT2D eigenvalue weighted by Crippen LogP contribution is 2.03. The van der Waals surface area contributed by atoms with Crippen LogP contribution < -0.4 is 0 Å². The van der Waals surface area contributed by atoms with Crippen molar-refractivity contribution in [3.63, 3.8) is 0 Å². The zero-order valence-corrected chi connectivity index (χ0v) is 5.49. The molecule has 7 heavy (non-hydrogen) atoms. The van der Waals surface area contributed by atoms with Gasteiger partial charge >= 0.3 is 0 Å². The van der Waals surface area contributed by atoms with Gasteiger partial charge in [-0.3, -0.25) is 0 Å². The molecule has 2 heteroatoms. The van der Waals surface area contributed by atoms with E-state index in [1.807, 2.05) is 0 Å². The monoisotopic (exact) mass is 120 g/mol. The van der Waals surface area contributed by atoms with E-state index in [4.69, 9.17) is 5.11 Å². The molecule has 0 spiro atoms. The molecule has 44 valence electrons. The Morgan fingerprint density at radius 2 is 2.29 bits per heavy atom. The summed E-state index contributed by atoms with van der Waals surface area (Å²) in [5, 5.41) is 8.71. The maximum absolute atomic E-state index is 8.32. The molecule has 0 aliphatic heterocycles. The molecule has 0 saturated carbocycles. The summed E-state index contributed by atoms with van der Waals surface area (Å²) in [6.07, 6.45) is 1.86. The average Bonchev–Trinajstić information content (AvgIpc) is 1.68. The fraction of sp³-hybridized carbons (Fsp3) is 1.00. The second-order valence-electron chi connectivity index (χ2n) is 1.57. The molecule has 0 fully saturated rings. The number of hydrogen-bond donors (Lipinski definition) is 2. The van der Waals surface area contributed by atoms with Gasteiger partial charge in [0.25, 0.3) is 0 Å². The van der Waals surface area contributed by atoms with E-state index in [1.54, 1.807) is 0 Å². The van der Waals surface area contributed by atoms with Gasteiger partial charge in [0.15, 0.2) is 0 Å². The van der Waals surface area contributed by atoms with Crippen LogP contribution >= 0.6 is 12.6 Å². The molecule has 0 bridgehead atoms. The Labute approximate surface area is 50.1 Å². The topological polar surface area (TPSA) is 20.2 Å². The SMILES string of the molecule is CCC(S)CCO. The van der Waals surface area contributed by atoms with E-state index in [0.29, 0.717) is 5.25 Å². The summed E-state index contributed by atoms with van der Waals surface area (Å²) in [4.78, 5) is 0. The third kappa shape index (κ3) is 4.16. The van der Waals surface area contributed by atoms with Gasteiger partial charge in [-0.25, -0.2) is 0 Å². The first-order chi connectivity index (χ1) is 3.31. The summed E-state index contributed by atoms with van der Waals surface area (Å²) in [6, 6.07) is 0. The second-order valence-corrected chi connectivity index (χ2v) is 2.30. The molecule has 1 atom stereocenters. The Balaban J connectivity index is 2.83. The van der Waals surface area contributed by atoms with Crippen molar-refractivity contribution in [2.45, 2.75) is 25.0 Å². The molecule has 1 N–H and O–H groups in total. The van der Waals surface area contributed by atoms with Crippen molar-refractivity contribution in [1.82, 2.24) is 0 Å². The predicted molar refractivity (Wildman–Crippen MR) is 34.8 cm³/mol. The number of thiol groups is 1. The summed E-state index contributed by atoms with van der Waals surface area (Å²) in [7, 11) is 0. The van der Waals surface area contributed by atoms with Crippen molar-refractivity contribution in [3.05, 3.63) is 0 Å². The van der Waals surface area contributed by atoms with Gasteiger partial charge in [-0.2, -0.15) is 12.6 Å². The lowest BCUT2D eigenvalue weighted by Gasteiger charge is -2.01. The fourth-order valence-corrected chi connectivity index (χ4v) is 0.469. The van der Waals surface area contributed by atoms with Gasteiger partial charge in [0, 0.05) is 11.9 Å². The normalized spacial score (nSPS) is 14.1. The van der Waals surface area contributed by atoms with Gasteiger partial charge < -0.3 is 5.11 Å².